The van der Waals surface area contributed by atoms with Gasteiger partial charge in [-0.2, -0.15) is 0 Å². The summed E-state index contributed by atoms with van der Waals surface area (Å²) in [6, 6.07) is 0. The highest BCUT2D eigenvalue weighted by atomic mass is 17.2. The van der Waals surface area contributed by atoms with E-state index in [9.17, 15) is 9.59 Å². The average molecular weight is 657 g/mol. The Kier molecular flexibility index (Phi) is 40.9. The molecule has 0 saturated carbocycles. The molecule has 0 aromatic heterocycles. The second kappa shape index (κ2) is 40.0. The Balaban J connectivity index is 0. The highest BCUT2D eigenvalue weighted by molar-refractivity contribution is 5.72. The highest BCUT2D eigenvalue weighted by Crippen LogP contribution is 2.15. The fourth-order valence-corrected chi connectivity index (χ4v) is 5.12. The van der Waals surface area contributed by atoms with Gasteiger partial charge in [0.25, 0.3) is 0 Å². The Labute approximate surface area is 287 Å². The monoisotopic (exact) mass is 657 g/mol. The molecule has 46 heavy (non-hydrogen) atoms. The van der Waals surface area contributed by atoms with Crippen LogP contribution >= 0.6 is 0 Å². The molecule has 0 aliphatic rings. The van der Waals surface area contributed by atoms with Crippen LogP contribution in [0.2, 0.25) is 0 Å². The van der Waals surface area contributed by atoms with E-state index >= 15 is 0 Å². The van der Waals surface area contributed by atoms with Gasteiger partial charge >= 0.3 is 11.9 Å². The van der Waals surface area contributed by atoms with Gasteiger partial charge in [-0.05, 0) is 24.7 Å². The third kappa shape index (κ3) is 45.0. The van der Waals surface area contributed by atoms with Gasteiger partial charge in [0.1, 0.15) is 0 Å². The molecule has 6 nitrogen and oxygen atoms in total. The van der Waals surface area contributed by atoms with Gasteiger partial charge in [-0.3, -0.25) is 0 Å². The van der Waals surface area contributed by atoms with E-state index in [1.54, 1.807) is 0 Å². The predicted molar refractivity (Wildman–Crippen MR) is 194 cm³/mol. The van der Waals surface area contributed by atoms with Crippen LogP contribution in [0.4, 0.5) is 0 Å². The largest absolute Gasteiger partial charge is 0.355 e. The molecule has 0 aromatic carbocycles. The molecule has 0 atom stereocenters. The molecule has 0 aliphatic carbocycles. The summed E-state index contributed by atoms with van der Waals surface area (Å²) in [6.45, 7) is 14.3. The molecule has 0 aromatic rings. The maximum atomic E-state index is 11.7. The number of carbonyl (C=O) groups excluding carboxylic acids is 2. The number of carbonyl (C=O) groups is 2. The summed E-state index contributed by atoms with van der Waals surface area (Å²) >= 11 is 0. The molecule has 0 radical (unpaired) electrons. The fourth-order valence-electron chi connectivity index (χ4n) is 5.12. The number of hydrogen-bond acceptors (Lipinski definition) is 6. The van der Waals surface area contributed by atoms with Crippen LogP contribution in [0.1, 0.15) is 221 Å². The first-order valence-corrected chi connectivity index (χ1v) is 20.0. The van der Waals surface area contributed by atoms with E-state index in [4.69, 9.17) is 9.78 Å². The van der Waals surface area contributed by atoms with Crippen LogP contribution in [0.25, 0.3) is 0 Å². The third-order valence-electron chi connectivity index (χ3n) is 8.08. The minimum atomic E-state index is -0.420. The van der Waals surface area contributed by atoms with Gasteiger partial charge in [0.05, 0.1) is 26.1 Å². The first-order chi connectivity index (χ1) is 22.3. The topological polar surface area (TPSA) is 71.1 Å². The lowest BCUT2D eigenvalue weighted by Crippen LogP contribution is -2.11. The second-order valence-corrected chi connectivity index (χ2v) is 14.3. The summed E-state index contributed by atoms with van der Waals surface area (Å²) in [6.07, 6.45) is 33.8. The van der Waals surface area contributed by atoms with E-state index in [2.05, 4.69) is 51.3 Å². The van der Waals surface area contributed by atoms with Gasteiger partial charge < -0.3 is 0 Å². The van der Waals surface area contributed by atoms with Crippen LogP contribution in [0.15, 0.2) is 0 Å². The van der Waals surface area contributed by atoms with Crippen LogP contribution in [0, 0.1) is 11.8 Å². The standard InChI is InChI=1S/C32H62O4.C8H18O2/c1-3-5-7-9-11-13-15-17-19-21-23-25-27-29-31(33)35-36-32(34)30-28-26-24-22-20-18-16-14-12-10-8-6-4-2;1-7(2)5-9-10-6-8(3)4/h3-30H2,1-2H3;7-8H,5-6H2,1-4H3. The van der Waals surface area contributed by atoms with E-state index in [0.29, 0.717) is 37.9 Å². The van der Waals surface area contributed by atoms with E-state index in [-0.39, 0.29) is 0 Å². The Hall–Kier alpha value is -1.14. The molecule has 0 fully saturated rings. The van der Waals surface area contributed by atoms with Gasteiger partial charge in [-0.15, -0.1) is 0 Å². The summed E-state index contributed by atoms with van der Waals surface area (Å²) in [4.78, 5) is 42.7. The van der Waals surface area contributed by atoms with Gasteiger partial charge in [0.2, 0.25) is 0 Å². The molecular formula is C40H80O6. The summed E-state index contributed by atoms with van der Waals surface area (Å²) < 4.78 is 0. The molecule has 6 heteroatoms. The predicted octanol–water partition coefficient (Wildman–Crippen LogP) is 13.2. The summed E-state index contributed by atoms with van der Waals surface area (Å²) in [5.41, 5.74) is 0. The van der Waals surface area contributed by atoms with Crippen molar-refractivity contribution in [3.63, 3.8) is 0 Å². The molecule has 0 N–H and O–H groups in total. The van der Waals surface area contributed by atoms with Gasteiger partial charge in [0.15, 0.2) is 0 Å². The molecule has 0 unspecified atom stereocenters. The normalized spacial score (nSPS) is 11.1. The summed E-state index contributed by atoms with van der Waals surface area (Å²) in [7, 11) is 0. The van der Waals surface area contributed by atoms with Crippen molar-refractivity contribution in [1.82, 2.24) is 0 Å². The Bertz CT molecular complexity index is 555. The minimum Gasteiger partial charge on any atom is -0.247 e. The summed E-state index contributed by atoms with van der Waals surface area (Å²) in [5, 5.41) is 0. The third-order valence-corrected chi connectivity index (χ3v) is 8.08. The molecule has 0 rings (SSSR count). The van der Waals surface area contributed by atoms with Crippen molar-refractivity contribution in [2.75, 3.05) is 13.2 Å². The molecule has 0 heterocycles. The van der Waals surface area contributed by atoms with Crippen molar-refractivity contribution in [2.24, 2.45) is 11.8 Å². The Morgan fingerprint density at radius 3 is 0.804 bits per heavy atom. The molecule has 276 valence electrons. The van der Waals surface area contributed by atoms with Crippen molar-refractivity contribution in [2.45, 2.75) is 221 Å². The SMILES string of the molecule is CC(C)COOCC(C)C.CCCCCCCCCCCCCCCC(=O)OOC(=O)CCCCCCCCCCCCCCC. The average Bonchev–Trinajstić information content (AvgIpc) is 3.03. The molecule has 0 saturated heterocycles. The van der Waals surface area contributed by atoms with Gasteiger partial charge in [-0.25, -0.2) is 29.1 Å². The zero-order valence-corrected chi connectivity index (χ0v) is 31.8. The molecule has 0 bridgehead atoms. The van der Waals surface area contributed by atoms with Crippen LogP contribution in [0.3, 0.4) is 0 Å². The van der Waals surface area contributed by atoms with Gasteiger partial charge in [0, 0.05) is 0 Å². The fraction of sp³-hybridized carbons (Fsp3) is 0.950. The van der Waals surface area contributed by atoms with Crippen molar-refractivity contribution < 1.29 is 29.1 Å². The number of rotatable bonds is 33. The molecule has 0 spiro atoms. The van der Waals surface area contributed by atoms with Crippen molar-refractivity contribution in [3.8, 4) is 0 Å². The molecule has 0 aliphatic heterocycles. The summed E-state index contributed by atoms with van der Waals surface area (Å²) in [5.74, 6) is 0.257. The van der Waals surface area contributed by atoms with Crippen molar-refractivity contribution >= 4 is 11.9 Å². The van der Waals surface area contributed by atoms with Crippen molar-refractivity contribution in [3.05, 3.63) is 0 Å². The van der Waals surface area contributed by atoms with E-state index < -0.39 is 11.9 Å². The van der Waals surface area contributed by atoms with Crippen LogP contribution in [-0.4, -0.2) is 25.2 Å². The highest BCUT2D eigenvalue weighted by Gasteiger charge is 2.09. The molecule has 0 amide bonds. The quantitative estimate of drug-likeness (QED) is 0.0398. The smallest absolute Gasteiger partial charge is 0.247 e. The first-order valence-electron chi connectivity index (χ1n) is 20.0. The molecular weight excluding hydrogens is 576 g/mol. The minimum absolute atomic E-state index is 0.337. The zero-order valence-electron chi connectivity index (χ0n) is 31.8. The van der Waals surface area contributed by atoms with Crippen molar-refractivity contribution in [1.29, 1.82) is 0 Å². The van der Waals surface area contributed by atoms with Gasteiger partial charge in [-0.1, -0.05) is 196 Å². The lowest BCUT2D eigenvalue weighted by Gasteiger charge is -2.07. The number of unbranched alkanes of at least 4 members (excludes halogenated alkanes) is 24. The lowest BCUT2D eigenvalue weighted by atomic mass is 10.0. The van der Waals surface area contributed by atoms with Crippen LogP contribution in [0.5, 0.6) is 0 Å². The Morgan fingerprint density at radius 2 is 0.587 bits per heavy atom. The Morgan fingerprint density at radius 1 is 0.370 bits per heavy atom. The van der Waals surface area contributed by atoms with E-state index in [0.717, 1.165) is 25.7 Å². The van der Waals surface area contributed by atoms with Crippen LogP contribution < -0.4 is 0 Å². The maximum absolute atomic E-state index is 11.7. The maximum Gasteiger partial charge on any atom is 0.355 e. The van der Waals surface area contributed by atoms with E-state index in [1.807, 2.05) is 0 Å². The first kappa shape index (κ1) is 47.0. The second-order valence-electron chi connectivity index (χ2n) is 14.3. The zero-order chi connectivity index (χ0) is 34.4. The lowest BCUT2D eigenvalue weighted by molar-refractivity contribution is -0.304. The van der Waals surface area contributed by atoms with E-state index in [1.165, 1.54) is 141 Å². The van der Waals surface area contributed by atoms with Crippen LogP contribution in [-0.2, 0) is 29.1 Å². The number of hydrogen-bond donors (Lipinski definition) is 0.